The highest BCUT2D eigenvalue weighted by Gasteiger charge is 2.21. The second-order valence-corrected chi connectivity index (χ2v) is 6.76. The molecule has 2 heterocycles. The van der Waals surface area contributed by atoms with E-state index in [9.17, 15) is 4.79 Å². The van der Waals surface area contributed by atoms with Gasteiger partial charge in [0.15, 0.2) is 17.1 Å². The Bertz CT molecular complexity index is 1020. The summed E-state index contributed by atoms with van der Waals surface area (Å²) in [6.45, 7) is 2.03. The maximum Gasteiger partial charge on any atom is 0.421 e. The third-order valence-electron chi connectivity index (χ3n) is 4.77. The predicted molar refractivity (Wildman–Crippen MR) is 99.1 cm³/mol. The molecule has 136 valence electrons. The highest BCUT2D eigenvalue weighted by atomic mass is 35.5. The molecule has 0 amide bonds. The molecular formula is C19H19ClN2O4. The van der Waals surface area contributed by atoms with Crippen LogP contribution in [0.2, 0.25) is 5.02 Å². The average molecular weight is 375 g/mol. The minimum Gasteiger partial charge on any atom is -0.493 e. The van der Waals surface area contributed by atoms with Crippen LogP contribution in [0.25, 0.3) is 11.1 Å². The highest BCUT2D eigenvalue weighted by molar-refractivity contribution is 6.31. The summed E-state index contributed by atoms with van der Waals surface area (Å²) in [5.41, 5.74) is 3.68. The van der Waals surface area contributed by atoms with Gasteiger partial charge in [-0.2, -0.15) is 0 Å². The normalized spacial score (nSPS) is 14.4. The summed E-state index contributed by atoms with van der Waals surface area (Å²) in [5.74, 6) is 1.09. The maximum atomic E-state index is 12.2. The molecular weight excluding hydrogens is 356 g/mol. The molecule has 7 heteroatoms. The van der Waals surface area contributed by atoms with Crippen molar-refractivity contribution in [3.05, 3.63) is 57.0 Å². The summed E-state index contributed by atoms with van der Waals surface area (Å²) in [7, 11) is 3.27. The van der Waals surface area contributed by atoms with Gasteiger partial charge in [-0.25, -0.2) is 4.79 Å². The number of benzene rings is 2. The molecule has 0 N–H and O–H groups in total. The molecule has 3 aromatic rings. The molecule has 0 aliphatic carbocycles. The molecule has 4 rings (SSSR count). The number of fused-ring (bicyclic) bond motifs is 2. The third-order valence-corrected chi connectivity index (χ3v) is 5.00. The molecule has 0 unspecified atom stereocenters. The van der Waals surface area contributed by atoms with Crippen LogP contribution in [0.5, 0.6) is 11.5 Å². The van der Waals surface area contributed by atoms with Gasteiger partial charge < -0.3 is 13.9 Å². The number of halogens is 1. The van der Waals surface area contributed by atoms with Crippen LogP contribution in [-0.4, -0.2) is 30.2 Å². The Kier molecular flexibility index (Phi) is 4.38. The van der Waals surface area contributed by atoms with Crippen LogP contribution < -0.4 is 15.2 Å². The molecule has 0 saturated heterocycles. The van der Waals surface area contributed by atoms with Gasteiger partial charge in [0.25, 0.3) is 0 Å². The van der Waals surface area contributed by atoms with E-state index in [0.717, 1.165) is 30.8 Å². The van der Waals surface area contributed by atoms with Crippen molar-refractivity contribution in [3.63, 3.8) is 0 Å². The van der Waals surface area contributed by atoms with Gasteiger partial charge in [-0.1, -0.05) is 11.6 Å². The monoisotopic (exact) mass is 374 g/mol. The maximum absolute atomic E-state index is 12.2. The predicted octanol–water partition coefficient (Wildman–Crippen LogP) is 3.28. The van der Waals surface area contributed by atoms with Gasteiger partial charge in [0, 0.05) is 24.2 Å². The number of aromatic nitrogens is 1. The zero-order chi connectivity index (χ0) is 18.3. The fraction of sp³-hybridized carbons (Fsp3) is 0.316. The van der Waals surface area contributed by atoms with Gasteiger partial charge in [0.2, 0.25) is 0 Å². The van der Waals surface area contributed by atoms with Gasteiger partial charge in [-0.15, -0.1) is 0 Å². The van der Waals surface area contributed by atoms with Crippen molar-refractivity contribution in [1.29, 1.82) is 0 Å². The molecule has 0 saturated carbocycles. The third kappa shape index (κ3) is 2.95. The molecule has 0 radical (unpaired) electrons. The van der Waals surface area contributed by atoms with Crippen LogP contribution in [0.1, 0.15) is 11.1 Å². The minimum atomic E-state index is -0.375. The number of hydrogen-bond donors (Lipinski definition) is 0. The standard InChI is InChI=1S/C19H19ClN2O4/c1-24-17-7-12-5-6-21(10-13(12)8-18(17)25-2)11-22-15-4-3-14(20)9-16(15)26-19(22)23/h3-4,7-9H,5-6,10-11H2,1-2H3. The lowest BCUT2D eigenvalue weighted by Crippen LogP contribution is -2.34. The first-order chi connectivity index (χ1) is 12.6. The molecule has 1 aliphatic rings. The lowest BCUT2D eigenvalue weighted by molar-refractivity contribution is 0.195. The van der Waals surface area contributed by atoms with E-state index < -0.39 is 0 Å². The zero-order valence-electron chi connectivity index (χ0n) is 14.6. The molecule has 1 aromatic heterocycles. The van der Waals surface area contributed by atoms with Gasteiger partial charge in [-0.3, -0.25) is 9.47 Å². The van der Waals surface area contributed by atoms with Gasteiger partial charge in [0.05, 0.1) is 26.4 Å². The average Bonchev–Trinajstić information content (AvgIpc) is 2.94. The van der Waals surface area contributed by atoms with Crippen LogP contribution in [0.3, 0.4) is 0 Å². The summed E-state index contributed by atoms with van der Waals surface area (Å²) < 4.78 is 17.7. The number of nitrogens with zero attached hydrogens (tertiary/aromatic N) is 2. The molecule has 2 aromatic carbocycles. The first-order valence-electron chi connectivity index (χ1n) is 8.34. The van der Waals surface area contributed by atoms with E-state index in [-0.39, 0.29) is 5.76 Å². The Morgan fingerprint density at radius 3 is 2.58 bits per heavy atom. The number of hydrogen-bond acceptors (Lipinski definition) is 5. The quantitative estimate of drug-likeness (QED) is 0.701. The highest BCUT2D eigenvalue weighted by Crippen LogP contribution is 2.33. The summed E-state index contributed by atoms with van der Waals surface area (Å²) in [6.07, 6.45) is 0.881. The number of methoxy groups -OCH3 is 2. The largest absolute Gasteiger partial charge is 0.493 e. The lowest BCUT2D eigenvalue weighted by Gasteiger charge is -2.29. The summed E-state index contributed by atoms with van der Waals surface area (Å²) >= 11 is 5.98. The van der Waals surface area contributed by atoms with Crippen molar-refractivity contribution in [3.8, 4) is 11.5 Å². The van der Waals surface area contributed by atoms with Crippen LogP contribution in [0.15, 0.2) is 39.5 Å². The topological polar surface area (TPSA) is 56.8 Å². The molecule has 6 nitrogen and oxygen atoms in total. The number of rotatable bonds is 4. The molecule has 0 spiro atoms. The van der Waals surface area contributed by atoms with Crippen molar-refractivity contribution >= 4 is 22.7 Å². The van der Waals surface area contributed by atoms with Crippen LogP contribution in [-0.2, 0) is 19.6 Å². The van der Waals surface area contributed by atoms with Crippen molar-refractivity contribution in [2.24, 2.45) is 0 Å². The van der Waals surface area contributed by atoms with Gasteiger partial charge in [-0.05, 0) is 41.8 Å². The smallest absolute Gasteiger partial charge is 0.421 e. The van der Waals surface area contributed by atoms with Crippen molar-refractivity contribution in [2.75, 3.05) is 20.8 Å². The second kappa shape index (κ2) is 6.70. The van der Waals surface area contributed by atoms with Gasteiger partial charge >= 0.3 is 5.76 Å². The van der Waals surface area contributed by atoms with E-state index in [2.05, 4.69) is 4.90 Å². The Morgan fingerprint density at radius 1 is 1.12 bits per heavy atom. The SMILES string of the molecule is COc1cc2c(cc1OC)CN(Cn1c(=O)oc3cc(Cl)ccc31)CC2. The Morgan fingerprint density at radius 2 is 1.85 bits per heavy atom. The number of oxazole rings is 1. The Balaban J connectivity index is 1.62. The lowest BCUT2D eigenvalue weighted by atomic mass is 9.99. The minimum absolute atomic E-state index is 0.375. The zero-order valence-corrected chi connectivity index (χ0v) is 15.4. The fourth-order valence-electron chi connectivity index (χ4n) is 3.44. The number of ether oxygens (including phenoxy) is 2. The molecule has 1 aliphatic heterocycles. The van der Waals surface area contributed by atoms with Crippen LogP contribution in [0.4, 0.5) is 0 Å². The van der Waals surface area contributed by atoms with E-state index in [0.29, 0.717) is 23.0 Å². The van der Waals surface area contributed by atoms with E-state index in [1.807, 2.05) is 18.2 Å². The summed E-state index contributed by atoms with van der Waals surface area (Å²) in [4.78, 5) is 14.5. The van der Waals surface area contributed by atoms with E-state index in [1.54, 1.807) is 30.9 Å². The molecule has 0 fully saturated rings. The van der Waals surface area contributed by atoms with E-state index >= 15 is 0 Å². The Labute approximate surface area is 155 Å². The first kappa shape index (κ1) is 17.0. The first-order valence-corrected chi connectivity index (χ1v) is 8.72. The van der Waals surface area contributed by atoms with E-state index in [1.165, 1.54) is 11.1 Å². The summed E-state index contributed by atoms with van der Waals surface area (Å²) in [6, 6.07) is 9.28. The van der Waals surface area contributed by atoms with Crippen LogP contribution >= 0.6 is 11.6 Å². The molecule has 26 heavy (non-hydrogen) atoms. The summed E-state index contributed by atoms with van der Waals surface area (Å²) in [5, 5.41) is 0.548. The van der Waals surface area contributed by atoms with E-state index in [4.69, 9.17) is 25.5 Å². The fourth-order valence-corrected chi connectivity index (χ4v) is 3.60. The van der Waals surface area contributed by atoms with Gasteiger partial charge in [0.1, 0.15) is 0 Å². The Hall–Kier alpha value is -2.44. The van der Waals surface area contributed by atoms with Crippen LogP contribution in [0, 0.1) is 0 Å². The van der Waals surface area contributed by atoms with Crippen molar-refractivity contribution < 1.29 is 13.9 Å². The molecule has 0 bridgehead atoms. The molecule has 0 atom stereocenters. The van der Waals surface area contributed by atoms with Crippen molar-refractivity contribution in [1.82, 2.24) is 9.47 Å². The second-order valence-electron chi connectivity index (χ2n) is 6.33. The van der Waals surface area contributed by atoms with Crippen molar-refractivity contribution in [2.45, 2.75) is 19.6 Å².